The maximum atomic E-state index is 13.9. The Balaban J connectivity index is 1.52. The molecule has 0 unspecified atom stereocenters. The minimum Gasteiger partial charge on any atom is -0.462 e. The Kier molecular flexibility index (Phi) is 8.93. The highest BCUT2D eigenvalue weighted by Gasteiger charge is 2.59. The minimum atomic E-state index is -1.75. The van der Waals surface area contributed by atoms with Crippen molar-refractivity contribution in [2.45, 2.75) is 108 Å². The average Bonchev–Trinajstić information content (AvgIpc) is 3.25. The van der Waals surface area contributed by atoms with Crippen molar-refractivity contribution >= 4 is 11.7 Å². The van der Waals surface area contributed by atoms with Gasteiger partial charge in [-0.1, -0.05) is 55.0 Å². The zero-order chi connectivity index (χ0) is 29.4. The summed E-state index contributed by atoms with van der Waals surface area (Å²) in [6.07, 6.45) is 12.3. The highest BCUT2D eigenvalue weighted by Crippen LogP contribution is 2.46. The van der Waals surface area contributed by atoms with Crippen molar-refractivity contribution in [2.75, 3.05) is 13.2 Å². The molecule has 1 spiro atoms. The van der Waals surface area contributed by atoms with Gasteiger partial charge in [0.25, 0.3) is 0 Å². The molecule has 0 aromatic rings. The van der Waals surface area contributed by atoms with E-state index in [2.05, 4.69) is 38.1 Å². The number of ether oxygens (including phenoxy) is 4. The molecule has 9 atom stereocenters. The molecule has 5 aliphatic rings. The molecule has 3 N–H and O–H groups in total. The van der Waals surface area contributed by atoms with Crippen molar-refractivity contribution < 1.29 is 39.2 Å². The first-order valence-electron chi connectivity index (χ1n) is 15.0. The zero-order valence-corrected chi connectivity index (χ0v) is 24.6. The van der Waals surface area contributed by atoms with Gasteiger partial charge < -0.3 is 34.4 Å². The van der Waals surface area contributed by atoms with Crippen molar-refractivity contribution in [1.29, 1.82) is 0 Å². The third-order valence-corrected chi connectivity index (χ3v) is 9.46. The quantitative estimate of drug-likeness (QED) is 0.193. The van der Waals surface area contributed by atoms with Crippen molar-refractivity contribution in [3.05, 3.63) is 47.1 Å². The SMILES string of the molecule is CC1=C[C@H]2C(=O)O[C@H]3C[C@@H](C/C=C(\C)C[C@@H](C)/C=C/C=C4\CO[C@H](/C1=N/O)[C@@]42O)O[C@@]1(CC[C@H](C)[C@@H](CCO)O1)C3. The number of carbonyl (C=O) groups is 1. The Morgan fingerprint density at radius 1 is 1.17 bits per heavy atom. The number of hydrogen-bond acceptors (Lipinski definition) is 9. The molecule has 0 aromatic heterocycles. The fraction of sp³-hybridized carbons (Fsp3) is 0.688. The van der Waals surface area contributed by atoms with Gasteiger partial charge in [-0.05, 0) is 62.5 Å². The second-order valence-electron chi connectivity index (χ2n) is 12.7. The van der Waals surface area contributed by atoms with E-state index in [4.69, 9.17) is 18.9 Å². The average molecular weight is 572 g/mol. The highest BCUT2D eigenvalue weighted by molar-refractivity contribution is 6.06. The number of carbonyl (C=O) groups excluding carboxylic acids is 1. The fourth-order valence-corrected chi connectivity index (χ4v) is 7.20. The van der Waals surface area contributed by atoms with Gasteiger partial charge in [0.15, 0.2) is 5.79 Å². The maximum absolute atomic E-state index is 13.9. The van der Waals surface area contributed by atoms with Gasteiger partial charge in [-0.2, -0.15) is 0 Å². The Labute approximate surface area is 242 Å². The predicted molar refractivity (Wildman–Crippen MR) is 152 cm³/mol. The van der Waals surface area contributed by atoms with E-state index in [1.165, 1.54) is 5.57 Å². The Morgan fingerprint density at radius 2 is 1.98 bits per heavy atom. The molecule has 4 heterocycles. The lowest BCUT2D eigenvalue weighted by Gasteiger charge is -2.50. The van der Waals surface area contributed by atoms with Crippen molar-refractivity contribution in [2.24, 2.45) is 22.9 Å². The number of hydrogen-bond donors (Lipinski definition) is 3. The number of nitrogens with zero attached hydrogens (tertiary/aromatic N) is 1. The lowest BCUT2D eigenvalue weighted by molar-refractivity contribution is -0.336. The summed E-state index contributed by atoms with van der Waals surface area (Å²) in [5, 5.41) is 34.9. The van der Waals surface area contributed by atoms with Crippen molar-refractivity contribution in [3.63, 3.8) is 0 Å². The lowest BCUT2D eigenvalue weighted by Crippen LogP contribution is -2.57. The molecule has 0 saturated carbocycles. The normalized spacial score (nSPS) is 46.1. The summed E-state index contributed by atoms with van der Waals surface area (Å²) in [5.41, 5.74) is 0.799. The molecule has 4 aliphatic heterocycles. The Bertz CT molecular complexity index is 1160. The first-order valence-corrected chi connectivity index (χ1v) is 15.0. The van der Waals surface area contributed by atoms with Crippen LogP contribution in [0.15, 0.2) is 52.3 Å². The molecular weight excluding hydrogens is 526 g/mol. The van der Waals surface area contributed by atoms with Crippen LogP contribution in [-0.2, 0) is 23.7 Å². The smallest absolute Gasteiger partial charge is 0.316 e. The molecule has 0 radical (unpaired) electrons. The van der Waals surface area contributed by atoms with Crippen LogP contribution in [0.25, 0.3) is 0 Å². The standard InChI is InChI=1S/C32H45NO8/c1-19-6-5-7-23-18-38-29-28(33-37)22(4)15-26(32(23,29)36)30(35)39-25-16-24(9-8-20(2)14-19)40-31(17-25)12-10-21(3)27(41-31)11-13-34/h5-8,15,19,21,24-27,29,34,36-37H,9-14,16-18H2,1-4H3/b6-5+,20-8+,23-7+,33-28+/t19-,21-,24+,25-,26-,27+,29+,31+,32+/m0/s1. The number of rotatable bonds is 2. The van der Waals surface area contributed by atoms with Crippen LogP contribution in [0.3, 0.4) is 0 Å². The van der Waals surface area contributed by atoms with Crippen LogP contribution in [0.5, 0.6) is 0 Å². The monoisotopic (exact) mass is 571 g/mol. The van der Waals surface area contributed by atoms with Gasteiger partial charge in [0, 0.05) is 25.9 Å². The van der Waals surface area contributed by atoms with Crippen LogP contribution in [0.1, 0.15) is 72.6 Å². The van der Waals surface area contributed by atoms with Gasteiger partial charge in [-0.3, -0.25) is 4.79 Å². The molecule has 226 valence electrons. The molecular formula is C32H45NO8. The van der Waals surface area contributed by atoms with Gasteiger partial charge in [-0.15, -0.1) is 0 Å². The number of aliphatic hydroxyl groups excluding tert-OH is 1. The van der Waals surface area contributed by atoms with Crippen LogP contribution in [0.4, 0.5) is 0 Å². The van der Waals surface area contributed by atoms with E-state index in [9.17, 15) is 20.2 Å². The summed E-state index contributed by atoms with van der Waals surface area (Å²) in [4.78, 5) is 13.9. The van der Waals surface area contributed by atoms with Gasteiger partial charge in [-0.25, -0.2) is 0 Å². The zero-order valence-electron chi connectivity index (χ0n) is 24.6. The summed E-state index contributed by atoms with van der Waals surface area (Å²) in [7, 11) is 0. The molecule has 9 nitrogen and oxygen atoms in total. The van der Waals surface area contributed by atoms with E-state index in [1.807, 2.05) is 12.2 Å². The number of esters is 1. The first kappa shape index (κ1) is 30.2. The fourth-order valence-electron chi connectivity index (χ4n) is 7.20. The largest absolute Gasteiger partial charge is 0.462 e. The molecule has 0 aromatic carbocycles. The molecule has 3 fully saturated rings. The molecule has 5 rings (SSSR count). The van der Waals surface area contributed by atoms with Crippen LogP contribution in [-0.4, -0.2) is 76.1 Å². The van der Waals surface area contributed by atoms with E-state index in [-0.39, 0.29) is 43.0 Å². The van der Waals surface area contributed by atoms with E-state index in [1.54, 1.807) is 13.0 Å². The molecule has 0 amide bonds. The second kappa shape index (κ2) is 12.1. The molecule has 9 heteroatoms. The summed E-state index contributed by atoms with van der Waals surface area (Å²) < 4.78 is 25.4. The van der Waals surface area contributed by atoms with Crippen molar-refractivity contribution in [3.8, 4) is 0 Å². The highest BCUT2D eigenvalue weighted by atomic mass is 16.7. The second-order valence-corrected chi connectivity index (χ2v) is 12.7. The van der Waals surface area contributed by atoms with E-state index >= 15 is 0 Å². The summed E-state index contributed by atoms with van der Waals surface area (Å²) in [6.45, 7) is 8.26. The summed E-state index contributed by atoms with van der Waals surface area (Å²) in [6, 6.07) is 0. The van der Waals surface area contributed by atoms with Crippen LogP contribution < -0.4 is 0 Å². The molecule has 1 aliphatic carbocycles. The number of fused-ring (bicyclic) bond motifs is 2. The molecule has 2 bridgehead atoms. The first-order chi connectivity index (χ1) is 19.6. The van der Waals surface area contributed by atoms with Crippen LogP contribution in [0.2, 0.25) is 0 Å². The van der Waals surface area contributed by atoms with E-state index in [0.29, 0.717) is 43.3 Å². The topological polar surface area (TPSA) is 127 Å². The number of allylic oxidation sites excluding steroid dienone is 4. The van der Waals surface area contributed by atoms with Gasteiger partial charge in [0.1, 0.15) is 29.4 Å². The lowest BCUT2D eigenvalue weighted by atomic mass is 9.71. The number of aliphatic hydroxyl groups is 2. The van der Waals surface area contributed by atoms with Gasteiger partial charge in [0.05, 0.1) is 18.8 Å². The van der Waals surface area contributed by atoms with Gasteiger partial charge in [0.2, 0.25) is 0 Å². The van der Waals surface area contributed by atoms with E-state index < -0.39 is 35.5 Å². The summed E-state index contributed by atoms with van der Waals surface area (Å²) >= 11 is 0. The molecule has 41 heavy (non-hydrogen) atoms. The summed E-state index contributed by atoms with van der Waals surface area (Å²) in [5.74, 6) is -1.96. The Hall–Kier alpha value is -2.30. The third kappa shape index (κ3) is 5.97. The molecule has 3 saturated heterocycles. The van der Waals surface area contributed by atoms with Crippen LogP contribution >= 0.6 is 0 Å². The third-order valence-electron chi connectivity index (χ3n) is 9.46. The van der Waals surface area contributed by atoms with E-state index in [0.717, 1.165) is 12.8 Å². The Morgan fingerprint density at radius 3 is 2.73 bits per heavy atom. The maximum Gasteiger partial charge on any atom is 0.316 e. The predicted octanol–water partition coefficient (Wildman–Crippen LogP) is 4.37. The number of oxime groups is 1. The van der Waals surface area contributed by atoms with Crippen LogP contribution in [0, 0.1) is 17.8 Å². The van der Waals surface area contributed by atoms with Crippen molar-refractivity contribution in [1.82, 2.24) is 0 Å². The van der Waals surface area contributed by atoms with Gasteiger partial charge >= 0.3 is 5.97 Å². The minimum absolute atomic E-state index is 0.0334.